The van der Waals surface area contributed by atoms with E-state index in [-0.39, 0.29) is 0 Å². The van der Waals surface area contributed by atoms with Crippen molar-refractivity contribution in [1.82, 2.24) is 25.1 Å². The largest absolute Gasteiger partial charge is 0.438 e. The SMILES string of the molecule is Cc1ncnc(C)c1-c1ccc(Oc2nccc3[nH]ncc23)cc1C#N. The van der Waals surface area contributed by atoms with E-state index in [0.29, 0.717) is 17.2 Å². The molecule has 4 aromatic rings. The molecular weight excluding hydrogens is 328 g/mol. The van der Waals surface area contributed by atoms with Crippen LogP contribution in [0.3, 0.4) is 0 Å². The Labute approximate surface area is 149 Å². The molecule has 26 heavy (non-hydrogen) atoms. The van der Waals surface area contributed by atoms with Crippen LogP contribution in [0.2, 0.25) is 0 Å². The lowest BCUT2D eigenvalue weighted by atomic mass is 9.97. The number of nitrogens with one attached hydrogen (secondary N) is 1. The molecule has 0 spiro atoms. The van der Waals surface area contributed by atoms with Crippen LogP contribution in [0.25, 0.3) is 22.0 Å². The zero-order valence-corrected chi connectivity index (χ0v) is 14.2. The van der Waals surface area contributed by atoms with E-state index >= 15 is 0 Å². The van der Waals surface area contributed by atoms with Crippen LogP contribution >= 0.6 is 0 Å². The van der Waals surface area contributed by atoms with Gasteiger partial charge in [-0.25, -0.2) is 15.0 Å². The number of nitriles is 1. The Hall–Kier alpha value is -3.79. The fourth-order valence-electron chi connectivity index (χ4n) is 2.92. The Kier molecular flexibility index (Phi) is 3.78. The number of aryl methyl sites for hydroxylation is 2. The highest BCUT2D eigenvalue weighted by atomic mass is 16.5. The first-order valence-electron chi connectivity index (χ1n) is 7.96. The second kappa shape index (κ2) is 6.26. The Bertz CT molecular complexity index is 1140. The highest BCUT2D eigenvalue weighted by Crippen LogP contribution is 2.33. The van der Waals surface area contributed by atoms with Crippen molar-refractivity contribution in [3.8, 4) is 28.8 Å². The number of pyridine rings is 1. The molecule has 4 rings (SSSR count). The van der Waals surface area contributed by atoms with E-state index in [0.717, 1.165) is 33.4 Å². The van der Waals surface area contributed by atoms with Gasteiger partial charge >= 0.3 is 0 Å². The molecule has 0 bridgehead atoms. The molecule has 0 radical (unpaired) electrons. The van der Waals surface area contributed by atoms with Gasteiger partial charge < -0.3 is 4.74 Å². The molecule has 1 aromatic carbocycles. The number of H-pyrrole nitrogens is 1. The summed E-state index contributed by atoms with van der Waals surface area (Å²) >= 11 is 0. The minimum absolute atomic E-state index is 0.434. The van der Waals surface area contributed by atoms with E-state index in [1.165, 1.54) is 6.33 Å². The van der Waals surface area contributed by atoms with Crippen molar-refractivity contribution in [2.45, 2.75) is 13.8 Å². The molecule has 3 aromatic heterocycles. The maximum absolute atomic E-state index is 9.61. The first-order chi connectivity index (χ1) is 12.7. The maximum Gasteiger partial charge on any atom is 0.230 e. The number of hydrogen-bond acceptors (Lipinski definition) is 6. The molecule has 0 aliphatic carbocycles. The van der Waals surface area contributed by atoms with Crippen LogP contribution in [0.4, 0.5) is 0 Å². The van der Waals surface area contributed by atoms with Crippen molar-refractivity contribution in [3.63, 3.8) is 0 Å². The quantitative estimate of drug-likeness (QED) is 0.609. The summed E-state index contributed by atoms with van der Waals surface area (Å²) < 4.78 is 5.89. The predicted molar refractivity (Wildman–Crippen MR) is 95.6 cm³/mol. The summed E-state index contributed by atoms with van der Waals surface area (Å²) in [6, 6.07) is 9.41. The van der Waals surface area contributed by atoms with Crippen molar-refractivity contribution in [2.75, 3.05) is 0 Å². The van der Waals surface area contributed by atoms with Crippen LogP contribution < -0.4 is 4.74 Å². The number of hydrogen-bond donors (Lipinski definition) is 1. The molecule has 0 aliphatic rings. The van der Waals surface area contributed by atoms with Gasteiger partial charge in [-0.2, -0.15) is 10.4 Å². The Morgan fingerprint density at radius 2 is 1.88 bits per heavy atom. The molecule has 0 saturated carbocycles. The van der Waals surface area contributed by atoms with Crippen LogP contribution in [0.15, 0.2) is 43.0 Å². The minimum atomic E-state index is 0.434. The lowest BCUT2D eigenvalue weighted by molar-refractivity contribution is 0.469. The third-order valence-electron chi connectivity index (χ3n) is 4.15. The monoisotopic (exact) mass is 342 g/mol. The van der Waals surface area contributed by atoms with Crippen molar-refractivity contribution in [2.24, 2.45) is 0 Å². The molecule has 1 N–H and O–H groups in total. The van der Waals surface area contributed by atoms with Gasteiger partial charge in [0.05, 0.1) is 28.7 Å². The average Bonchev–Trinajstić information content (AvgIpc) is 3.12. The van der Waals surface area contributed by atoms with Gasteiger partial charge in [0.15, 0.2) is 0 Å². The number of nitrogens with zero attached hydrogens (tertiary/aromatic N) is 5. The normalized spacial score (nSPS) is 10.7. The smallest absolute Gasteiger partial charge is 0.230 e. The molecule has 0 fully saturated rings. The summed E-state index contributed by atoms with van der Waals surface area (Å²) in [6.45, 7) is 3.80. The third-order valence-corrected chi connectivity index (χ3v) is 4.15. The molecule has 0 aliphatic heterocycles. The summed E-state index contributed by atoms with van der Waals surface area (Å²) in [6.07, 6.45) is 4.82. The first-order valence-corrected chi connectivity index (χ1v) is 7.96. The lowest BCUT2D eigenvalue weighted by Gasteiger charge is -2.12. The summed E-state index contributed by atoms with van der Waals surface area (Å²) in [5.74, 6) is 0.960. The Morgan fingerprint density at radius 1 is 1.08 bits per heavy atom. The fourth-order valence-corrected chi connectivity index (χ4v) is 2.92. The molecule has 0 unspecified atom stereocenters. The maximum atomic E-state index is 9.61. The standard InChI is InChI=1S/C19H14N6O/c1-11-18(12(2)23-10-22-11)15-4-3-14(7-13(15)8-20)26-19-16-9-24-25-17(16)5-6-21-19/h3-7,9-10H,1-2H3,(H,24,25). The summed E-state index contributed by atoms with van der Waals surface area (Å²) in [4.78, 5) is 12.7. The molecule has 3 heterocycles. The first kappa shape index (κ1) is 15.7. The van der Waals surface area contributed by atoms with E-state index in [1.54, 1.807) is 18.5 Å². The summed E-state index contributed by atoms with van der Waals surface area (Å²) in [5, 5.41) is 17.3. The average molecular weight is 342 g/mol. The van der Waals surface area contributed by atoms with Gasteiger partial charge in [-0.3, -0.25) is 5.10 Å². The van der Waals surface area contributed by atoms with E-state index in [9.17, 15) is 5.26 Å². The van der Waals surface area contributed by atoms with Gasteiger partial charge in [-0.05, 0) is 38.1 Å². The molecule has 7 heteroatoms. The van der Waals surface area contributed by atoms with Crippen LogP contribution in [-0.2, 0) is 0 Å². The predicted octanol–water partition coefficient (Wildman–Crippen LogP) is 3.70. The third kappa shape index (κ3) is 2.63. The van der Waals surface area contributed by atoms with Crippen molar-refractivity contribution < 1.29 is 4.74 Å². The molecule has 126 valence electrons. The van der Waals surface area contributed by atoms with E-state index in [1.807, 2.05) is 32.0 Å². The van der Waals surface area contributed by atoms with Crippen LogP contribution in [0, 0.1) is 25.2 Å². The second-order valence-electron chi connectivity index (χ2n) is 5.79. The second-order valence-corrected chi connectivity index (χ2v) is 5.79. The van der Waals surface area contributed by atoms with Crippen LogP contribution in [0.5, 0.6) is 11.6 Å². The number of benzene rings is 1. The van der Waals surface area contributed by atoms with Crippen LogP contribution in [0.1, 0.15) is 17.0 Å². The van der Waals surface area contributed by atoms with Gasteiger partial charge in [-0.15, -0.1) is 0 Å². The molecule has 0 atom stereocenters. The highest BCUT2D eigenvalue weighted by Gasteiger charge is 2.14. The fraction of sp³-hybridized carbons (Fsp3) is 0.105. The molecule has 0 amide bonds. The number of aromatic nitrogens is 5. The molecule has 0 saturated heterocycles. The lowest BCUT2D eigenvalue weighted by Crippen LogP contribution is -1.97. The van der Waals surface area contributed by atoms with E-state index in [4.69, 9.17) is 4.74 Å². The number of fused-ring (bicyclic) bond motifs is 1. The molecule has 7 nitrogen and oxygen atoms in total. The number of ether oxygens (including phenoxy) is 1. The van der Waals surface area contributed by atoms with Crippen molar-refractivity contribution >= 4 is 10.9 Å². The Morgan fingerprint density at radius 3 is 2.65 bits per heavy atom. The van der Waals surface area contributed by atoms with Crippen LogP contribution in [-0.4, -0.2) is 25.1 Å². The zero-order valence-electron chi connectivity index (χ0n) is 14.2. The summed E-state index contributed by atoms with van der Waals surface area (Å²) in [7, 11) is 0. The van der Waals surface area contributed by atoms with E-state index < -0.39 is 0 Å². The van der Waals surface area contributed by atoms with Gasteiger partial charge in [0.2, 0.25) is 5.88 Å². The minimum Gasteiger partial charge on any atom is -0.438 e. The van der Waals surface area contributed by atoms with Gasteiger partial charge in [0.25, 0.3) is 0 Å². The van der Waals surface area contributed by atoms with Gasteiger partial charge in [0, 0.05) is 28.7 Å². The van der Waals surface area contributed by atoms with Gasteiger partial charge in [-0.1, -0.05) is 0 Å². The Balaban J connectivity index is 1.77. The topological polar surface area (TPSA) is 100 Å². The van der Waals surface area contributed by atoms with Gasteiger partial charge in [0.1, 0.15) is 12.1 Å². The number of aromatic amines is 1. The van der Waals surface area contributed by atoms with Crippen molar-refractivity contribution in [3.05, 3.63) is 59.9 Å². The number of rotatable bonds is 3. The van der Waals surface area contributed by atoms with Crippen molar-refractivity contribution in [1.29, 1.82) is 5.26 Å². The molecular formula is C19H14N6O. The van der Waals surface area contributed by atoms with E-state index in [2.05, 4.69) is 31.2 Å². The highest BCUT2D eigenvalue weighted by molar-refractivity contribution is 5.83. The summed E-state index contributed by atoms with van der Waals surface area (Å²) in [5.41, 5.74) is 4.62. The zero-order chi connectivity index (χ0) is 18.1.